The van der Waals surface area contributed by atoms with E-state index in [2.05, 4.69) is 17.1 Å². The molecule has 0 unspecified atom stereocenters. The molecule has 3 aromatic rings. The third kappa shape index (κ3) is 3.20. The van der Waals surface area contributed by atoms with Gasteiger partial charge in [-0.3, -0.25) is 4.98 Å². The van der Waals surface area contributed by atoms with Crippen LogP contribution in [0, 0.1) is 0 Å². The average molecular weight is 278 g/mol. The summed E-state index contributed by atoms with van der Waals surface area (Å²) in [6.07, 6.45) is 2.64. The second-order valence-corrected chi connectivity index (χ2v) is 4.96. The Morgan fingerprint density at radius 2 is 1.71 bits per heavy atom. The molecule has 0 saturated carbocycles. The number of para-hydroxylation sites is 1. The van der Waals surface area contributed by atoms with Gasteiger partial charge in [0, 0.05) is 5.39 Å². The van der Waals surface area contributed by atoms with Gasteiger partial charge in [-0.1, -0.05) is 42.5 Å². The number of rotatable bonds is 5. The van der Waals surface area contributed by atoms with Crippen molar-refractivity contribution in [3.63, 3.8) is 0 Å². The molecular formula is C18H18N2O. The van der Waals surface area contributed by atoms with E-state index in [1.54, 1.807) is 6.20 Å². The number of hydrogen-bond donors (Lipinski definition) is 1. The molecule has 0 aliphatic carbocycles. The summed E-state index contributed by atoms with van der Waals surface area (Å²) in [5.41, 5.74) is 9.05. The molecule has 0 atom stereocenters. The Kier molecular flexibility index (Phi) is 4.12. The van der Waals surface area contributed by atoms with Gasteiger partial charge in [-0.2, -0.15) is 0 Å². The molecule has 3 rings (SSSR count). The number of aromatic nitrogens is 1. The summed E-state index contributed by atoms with van der Waals surface area (Å²) < 4.78 is 5.88. The summed E-state index contributed by atoms with van der Waals surface area (Å²) in [6, 6.07) is 18.3. The molecule has 1 heterocycles. The van der Waals surface area contributed by atoms with E-state index in [9.17, 15) is 0 Å². The maximum absolute atomic E-state index is 5.88. The molecule has 3 heteroatoms. The molecular weight excluding hydrogens is 260 g/mol. The smallest absolute Gasteiger partial charge is 0.138 e. The quantitative estimate of drug-likeness (QED) is 0.779. The van der Waals surface area contributed by atoms with Crippen molar-refractivity contribution in [3.8, 4) is 5.75 Å². The molecule has 1 aromatic heterocycles. The van der Waals surface area contributed by atoms with Crippen LogP contribution in [0.3, 0.4) is 0 Å². The Hall–Kier alpha value is -2.39. The fraction of sp³-hybridized carbons (Fsp3) is 0.167. The van der Waals surface area contributed by atoms with Crippen LogP contribution in [-0.2, 0) is 13.0 Å². The van der Waals surface area contributed by atoms with Gasteiger partial charge >= 0.3 is 0 Å². The van der Waals surface area contributed by atoms with Crippen LogP contribution in [0.15, 0.2) is 60.8 Å². The minimum Gasteiger partial charge on any atom is -0.487 e. The Balaban J connectivity index is 1.77. The van der Waals surface area contributed by atoms with E-state index in [0.717, 1.165) is 23.1 Å². The van der Waals surface area contributed by atoms with Crippen molar-refractivity contribution in [2.75, 3.05) is 6.54 Å². The zero-order valence-corrected chi connectivity index (χ0v) is 11.8. The lowest BCUT2D eigenvalue weighted by molar-refractivity contribution is 0.304. The third-order valence-electron chi connectivity index (χ3n) is 3.49. The molecule has 0 amide bonds. The average Bonchev–Trinajstić information content (AvgIpc) is 2.54. The molecule has 0 aliphatic rings. The van der Waals surface area contributed by atoms with Crippen molar-refractivity contribution in [1.82, 2.24) is 4.98 Å². The van der Waals surface area contributed by atoms with E-state index in [1.165, 1.54) is 11.1 Å². The summed E-state index contributed by atoms with van der Waals surface area (Å²) in [5.74, 6) is 0.788. The number of pyridine rings is 1. The fourth-order valence-electron chi connectivity index (χ4n) is 2.39. The van der Waals surface area contributed by atoms with Crippen LogP contribution >= 0.6 is 0 Å². The van der Waals surface area contributed by atoms with Gasteiger partial charge in [0.15, 0.2) is 0 Å². The molecule has 0 radical (unpaired) electrons. The zero-order valence-electron chi connectivity index (χ0n) is 11.8. The molecule has 0 spiro atoms. The number of hydrogen-bond acceptors (Lipinski definition) is 3. The van der Waals surface area contributed by atoms with Gasteiger partial charge in [-0.05, 0) is 36.2 Å². The molecule has 0 saturated heterocycles. The first-order valence-corrected chi connectivity index (χ1v) is 7.11. The van der Waals surface area contributed by atoms with Crippen molar-refractivity contribution in [1.29, 1.82) is 0 Å². The first-order valence-electron chi connectivity index (χ1n) is 7.11. The van der Waals surface area contributed by atoms with Gasteiger partial charge in [0.1, 0.15) is 12.4 Å². The molecule has 3 nitrogen and oxygen atoms in total. The summed E-state index contributed by atoms with van der Waals surface area (Å²) >= 11 is 0. The van der Waals surface area contributed by atoms with Crippen molar-refractivity contribution in [2.24, 2.45) is 5.73 Å². The van der Waals surface area contributed by atoms with Gasteiger partial charge in [-0.15, -0.1) is 0 Å². The summed E-state index contributed by atoms with van der Waals surface area (Å²) in [7, 11) is 0. The zero-order chi connectivity index (χ0) is 14.5. The van der Waals surface area contributed by atoms with Crippen LogP contribution < -0.4 is 10.5 Å². The monoisotopic (exact) mass is 278 g/mol. The van der Waals surface area contributed by atoms with Gasteiger partial charge in [0.05, 0.1) is 11.7 Å². The maximum Gasteiger partial charge on any atom is 0.138 e. The third-order valence-corrected chi connectivity index (χ3v) is 3.49. The first-order chi connectivity index (χ1) is 10.4. The normalized spacial score (nSPS) is 10.7. The van der Waals surface area contributed by atoms with Gasteiger partial charge < -0.3 is 10.5 Å². The van der Waals surface area contributed by atoms with Crippen LogP contribution in [0.1, 0.15) is 11.1 Å². The Bertz CT molecular complexity index is 740. The van der Waals surface area contributed by atoms with Crippen LogP contribution in [0.2, 0.25) is 0 Å². The van der Waals surface area contributed by atoms with Crippen LogP contribution in [-0.4, -0.2) is 11.5 Å². The highest BCUT2D eigenvalue weighted by Gasteiger charge is 2.03. The van der Waals surface area contributed by atoms with Crippen molar-refractivity contribution >= 4 is 10.9 Å². The van der Waals surface area contributed by atoms with Crippen molar-refractivity contribution in [2.45, 2.75) is 13.0 Å². The van der Waals surface area contributed by atoms with E-state index in [0.29, 0.717) is 13.2 Å². The Morgan fingerprint density at radius 1 is 0.952 bits per heavy atom. The minimum absolute atomic E-state index is 0.538. The molecule has 0 bridgehead atoms. The highest BCUT2D eigenvalue weighted by Crippen LogP contribution is 2.19. The maximum atomic E-state index is 5.88. The van der Waals surface area contributed by atoms with E-state index in [4.69, 9.17) is 10.5 Å². The number of nitrogens with two attached hydrogens (primary N) is 1. The SMILES string of the molecule is NCCc1ccccc1COc1cnc2ccccc2c1. The number of nitrogens with zero attached hydrogens (tertiary/aromatic N) is 1. The van der Waals surface area contributed by atoms with Crippen molar-refractivity contribution in [3.05, 3.63) is 71.9 Å². The molecule has 106 valence electrons. The van der Waals surface area contributed by atoms with E-state index < -0.39 is 0 Å². The van der Waals surface area contributed by atoms with Crippen molar-refractivity contribution < 1.29 is 4.74 Å². The lowest BCUT2D eigenvalue weighted by Crippen LogP contribution is -2.07. The summed E-state index contributed by atoms with van der Waals surface area (Å²) in [5, 5.41) is 1.09. The number of fused-ring (bicyclic) bond motifs is 1. The first kappa shape index (κ1) is 13.6. The number of ether oxygens (including phenoxy) is 1. The molecule has 2 aromatic carbocycles. The lowest BCUT2D eigenvalue weighted by Gasteiger charge is -2.10. The summed E-state index contributed by atoms with van der Waals surface area (Å²) in [4.78, 5) is 4.41. The van der Waals surface area contributed by atoms with Crippen LogP contribution in [0.25, 0.3) is 10.9 Å². The minimum atomic E-state index is 0.538. The second kappa shape index (κ2) is 6.37. The van der Waals surface area contributed by atoms with E-state index in [-0.39, 0.29) is 0 Å². The number of benzene rings is 2. The van der Waals surface area contributed by atoms with Crippen LogP contribution in [0.4, 0.5) is 0 Å². The topological polar surface area (TPSA) is 48.1 Å². The molecule has 2 N–H and O–H groups in total. The molecule has 21 heavy (non-hydrogen) atoms. The molecule has 0 aliphatic heterocycles. The van der Waals surface area contributed by atoms with Gasteiger partial charge in [0.2, 0.25) is 0 Å². The summed E-state index contributed by atoms with van der Waals surface area (Å²) in [6.45, 7) is 1.19. The van der Waals surface area contributed by atoms with Crippen LogP contribution in [0.5, 0.6) is 5.75 Å². The van der Waals surface area contributed by atoms with Gasteiger partial charge in [-0.25, -0.2) is 0 Å². The Labute approximate surface area is 124 Å². The fourth-order valence-corrected chi connectivity index (χ4v) is 2.39. The predicted molar refractivity (Wildman–Crippen MR) is 85.3 cm³/mol. The highest BCUT2D eigenvalue weighted by atomic mass is 16.5. The highest BCUT2D eigenvalue weighted by molar-refractivity contribution is 5.79. The lowest BCUT2D eigenvalue weighted by atomic mass is 10.1. The van der Waals surface area contributed by atoms with Gasteiger partial charge in [0.25, 0.3) is 0 Å². The second-order valence-electron chi connectivity index (χ2n) is 4.96. The predicted octanol–water partition coefficient (Wildman–Crippen LogP) is 3.32. The molecule has 0 fully saturated rings. The standard InChI is InChI=1S/C18H18N2O/c19-10-9-14-5-1-2-7-16(14)13-21-17-11-15-6-3-4-8-18(15)20-12-17/h1-8,11-12H,9-10,13,19H2. The van der Waals surface area contributed by atoms with E-state index in [1.807, 2.05) is 42.5 Å². The largest absolute Gasteiger partial charge is 0.487 e. The Morgan fingerprint density at radius 3 is 2.57 bits per heavy atom. The van der Waals surface area contributed by atoms with E-state index >= 15 is 0 Å².